The van der Waals surface area contributed by atoms with Gasteiger partial charge in [0.05, 0.1) is 5.69 Å². The van der Waals surface area contributed by atoms with Gasteiger partial charge >= 0.3 is 0 Å². The zero-order chi connectivity index (χ0) is 22.6. The minimum atomic E-state index is -0.146. The summed E-state index contributed by atoms with van der Waals surface area (Å²) >= 11 is 12.1. The second-order valence-corrected chi connectivity index (χ2v) is 9.96. The van der Waals surface area contributed by atoms with Crippen molar-refractivity contribution in [1.82, 2.24) is 4.90 Å². The van der Waals surface area contributed by atoms with E-state index in [1.165, 1.54) is 0 Å². The van der Waals surface area contributed by atoms with E-state index in [2.05, 4.69) is 26.1 Å². The molecule has 0 unspecified atom stereocenters. The second-order valence-electron chi connectivity index (χ2n) is 9.09. The van der Waals surface area contributed by atoms with Crippen LogP contribution >= 0.6 is 23.2 Å². The van der Waals surface area contributed by atoms with Crippen LogP contribution < -0.4 is 10.1 Å². The van der Waals surface area contributed by atoms with Gasteiger partial charge in [0, 0.05) is 35.5 Å². The van der Waals surface area contributed by atoms with Gasteiger partial charge in [-0.15, -0.1) is 0 Å². The number of hydrogen-bond donors (Lipinski definition) is 1. The third kappa shape index (κ3) is 6.88. The molecule has 2 aromatic carbocycles. The molecule has 0 atom stereocenters. The van der Waals surface area contributed by atoms with Crippen molar-refractivity contribution in [2.24, 2.45) is 11.3 Å². The quantitative estimate of drug-likeness (QED) is 0.558. The van der Waals surface area contributed by atoms with E-state index >= 15 is 0 Å². The summed E-state index contributed by atoms with van der Waals surface area (Å²) in [5.74, 6) is 0.942. The van der Waals surface area contributed by atoms with Crippen molar-refractivity contribution in [3.8, 4) is 11.5 Å². The lowest BCUT2D eigenvalue weighted by Crippen LogP contribution is -2.42. The Kier molecular flexibility index (Phi) is 7.50. The van der Waals surface area contributed by atoms with Crippen molar-refractivity contribution in [2.75, 3.05) is 18.4 Å². The third-order valence-corrected chi connectivity index (χ3v) is 5.55. The standard InChI is InChI=1S/C24H28Cl2N2O3/c1-24(2,3)15-22(29)28-10-8-16(9-11-28)23(30)27-20-6-4-5-7-21(20)31-19-13-17(25)12-18(26)14-19/h4-7,12-14,16H,8-11,15H2,1-3H3,(H,27,30). The summed E-state index contributed by atoms with van der Waals surface area (Å²) in [6.07, 6.45) is 1.81. The monoisotopic (exact) mass is 462 g/mol. The Morgan fingerprint density at radius 1 is 1.06 bits per heavy atom. The predicted molar refractivity (Wildman–Crippen MR) is 125 cm³/mol. The van der Waals surface area contributed by atoms with Crippen molar-refractivity contribution in [2.45, 2.75) is 40.0 Å². The van der Waals surface area contributed by atoms with Gasteiger partial charge < -0.3 is 15.0 Å². The molecule has 1 aliphatic rings. The first-order valence-corrected chi connectivity index (χ1v) is 11.2. The van der Waals surface area contributed by atoms with E-state index in [1.807, 2.05) is 17.0 Å². The number of carbonyl (C=O) groups excluding carboxylic acids is 2. The molecule has 1 fully saturated rings. The first-order chi connectivity index (χ1) is 14.6. The van der Waals surface area contributed by atoms with E-state index in [4.69, 9.17) is 27.9 Å². The van der Waals surface area contributed by atoms with Gasteiger partial charge in [-0.25, -0.2) is 0 Å². The number of benzene rings is 2. The lowest BCUT2D eigenvalue weighted by atomic mass is 9.90. The molecule has 7 heteroatoms. The van der Waals surface area contributed by atoms with Crippen LogP contribution in [0.1, 0.15) is 40.0 Å². The number of halogens is 2. The Labute approximate surface area is 193 Å². The summed E-state index contributed by atoms with van der Waals surface area (Å²) in [7, 11) is 0. The molecule has 0 saturated carbocycles. The van der Waals surface area contributed by atoms with Gasteiger partial charge in [-0.1, -0.05) is 56.1 Å². The predicted octanol–water partition coefficient (Wildman–Crippen LogP) is 6.40. The SMILES string of the molecule is CC(C)(C)CC(=O)N1CCC(C(=O)Nc2ccccc2Oc2cc(Cl)cc(Cl)c2)CC1. The van der Waals surface area contributed by atoms with Crippen LogP contribution in [0, 0.1) is 11.3 Å². The maximum atomic E-state index is 12.9. The minimum absolute atomic E-state index is 0.0395. The van der Waals surface area contributed by atoms with Crippen molar-refractivity contribution < 1.29 is 14.3 Å². The summed E-state index contributed by atoms with van der Waals surface area (Å²) in [5.41, 5.74) is 0.539. The minimum Gasteiger partial charge on any atom is -0.455 e. The van der Waals surface area contributed by atoms with E-state index in [-0.39, 0.29) is 23.1 Å². The molecule has 5 nitrogen and oxygen atoms in total. The third-order valence-electron chi connectivity index (χ3n) is 5.11. The fraction of sp³-hybridized carbons (Fsp3) is 0.417. The number of nitrogens with one attached hydrogen (secondary N) is 1. The van der Waals surface area contributed by atoms with Crippen LogP contribution in [0.2, 0.25) is 10.0 Å². The fourth-order valence-corrected chi connectivity index (χ4v) is 4.07. The van der Waals surface area contributed by atoms with Gasteiger partial charge in [0.15, 0.2) is 5.75 Å². The molecular weight excluding hydrogens is 435 g/mol. The first-order valence-electron chi connectivity index (χ1n) is 10.4. The molecular formula is C24H28Cl2N2O3. The molecule has 0 radical (unpaired) electrons. The molecule has 2 amide bonds. The summed E-state index contributed by atoms with van der Waals surface area (Å²) in [6.45, 7) is 7.38. The lowest BCUT2D eigenvalue weighted by Gasteiger charge is -2.33. The Balaban J connectivity index is 1.61. The maximum Gasteiger partial charge on any atom is 0.227 e. The number of ether oxygens (including phenoxy) is 1. The average molecular weight is 463 g/mol. The Morgan fingerprint density at radius 2 is 1.68 bits per heavy atom. The van der Waals surface area contributed by atoms with E-state index in [1.54, 1.807) is 30.3 Å². The highest BCUT2D eigenvalue weighted by molar-refractivity contribution is 6.34. The largest absolute Gasteiger partial charge is 0.455 e. The van der Waals surface area contributed by atoms with Gasteiger partial charge in [0.2, 0.25) is 11.8 Å². The van der Waals surface area contributed by atoms with Crippen LogP contribution in [0.15, 0.2) is 42.5 Å². The Morgan fingerprint density at radius 3 is 2.29 bits per heavy atom. The number of para-hydroxylation sites is 2. The molecule has 2 aromatic rings. The van der Waals surface area contributed by atoms with Crippen LogP contribution in [0.5, 0.6) is 11.5 Å². The second kappa shape index (κ2) is 9.92. The number of rotatable bonds is 5. The van der Waals surface area contributed by atoms with Gasteiger partial charge in [-0.05, 0) is 48.6 Å². The Bertz CT molecular complexity index is 928. The smallest absolute Gasteiger partial charge is 0.227 e. The zero-order valence-electron chi connectivity index (χ0n) is 18.1. The van der Waals surface area contributed by atoms with Crippen molar-refractivity contribution in [3.63, 3.8) is 0 Å². The Hall–Kier alpha value is -2.24. The van der Waals surface area contributed by atoms with Crippen molar-refractivity contribution >= 4 is 40.7 Å². The van der Waals surface area contributed by atoms with Crippen LogP contribution in [0.25, 0.3) is 0 Å². The lowest BCUT2D eigenvalue weighted by molar-refractivity contribution is -0.136. The molecule has 1 heterocycles. The zero-order valence-corrected chi connectivity index (χ0v) is 19.6. The van der Waals surface area contributed by atoms with E-state index in [9.17, 15) is 9.59 Å². The van der Waals surface area contributed by atoms with Crippen molar-refractivity contribution in [1.29, 1.82) is 0 Å². The normalized spacial score (nSPS) is 14.9. The molecule has 1 saturated heterocycles. The van der Waals surface area contributed by atoms with Crippen LogP contribution in [0.4, 0.5) is 5.69 Å². The number of hydrogen-bond acceptors (Lipinski definition) is 3. The number of amides is 2. The number of anilines is 1. The van der Waals surface area contributed by atoms with Crippen LogP contribution in [-0.4, -0.2) is 29.8 Å². The highest BCUT2D eigenvalue weighted by atomic mass is 35.5. The molecule has 3 rings (SSSR count). The van der Waals surface area contributed by atoms with E-state index in [0.717, 1.165) is 0 Å². The number of nitrogens with zero attached hydrogens (tertiary/aromatic N) is 1. The molecule has 0 aromatic heterocycles. The van der Waals surface area contributed by atoms with Gasteiger partial charge in [0.1, 0.15) is 5.75 Å². The molecule has 1 N–H and O–H groups in total. The maximum absolute atomic E-state index is 12.9. The number of carbonyl (C=O) groups is 2. The van der Waals surface area contributed by atoms with E-state index < -0.39 is 0 Å². The van der Waals surface area contributed by atoms with Crippen molar-refractivity contribution in [3.05, 3.63) is 52.5 Å². The molecule has 31 heavy (non-hydrogen) atoms. The first kappa shape index (κ1) is 23.4. The fourth-order valence-electron chi connectivity index (χ4n) is 3.56. The van der Waals surface area contributed by atoms with Crippen LogP contribution in [-0.2, 0) is 9.59 Å². The average Bonchev–Trinajstić information content (AvgIpc) is 2.67. The topological polar surface area (TPSA) is 58.6 Å². The highest BCUT2D eigenvalue weighted by Crippen LogP contribution is 2.33. The van der Waals surface area contributed by atoms with Gasteiger partial charge in [-0.3, -0.25) is 9.59 Å². The summed E-state index contributed by atoms with van der Waals surface area (Å²) in [6, 6.07) is 12.2. The molecule has 0 spiro atoms. The summed E-state index contributed by atoms with van der Waals surface area (Å²) < 4.78 is 5.92. The van der Waals surface area contributed by atoms with Gasteiger partial charge in [-0.2, -0.15) is 0 Å². The highest BCUT2D eigenvalue weighted by Gasteiger charge is 2.29. The summed E-state index contributed by atoms with van der Waals surface area (Å²) in [4.78, 5) is 27.2. The molecule has 1 aliphatic heterocycles. The van der Waals surface area contributed by atoms with E-state index in [0.29, 0.717) is 59.6 Å². The summed E-state index contributed by atoms with van der Waals surface area (Å²) in [5, 5.41) is 3.92. The number of likely N-dealkylation sites (tertiary alicyclic amines) is 1. The number of piperidine rings is 1. The molecule has 0 aliphatic carbocycles. The molecule has 0 bridgehead atoms. The van der Waals surface area contributed by atoms with Gasteiger partial charge in [0.25, 0.3) is 0 Å². The molecule has 166 valence electrons. The van der Waals surface area contributed by atoms with Crippen LogP contribution in [0.3, 0.4) is 0 Å².